The number of amides is 1. The van der Waals surface area contributed by atoms with E-state index in [1.165, 1.54) is 6.66 Å². The Hall–Kier alpha value is -2.34. The Morgan fingerprint density at radius 3 is 2.61 bits per heavy atom. The van der Waals surface area contributed by atoms with E-state index in [-0.39, 0.29) is 19.5 Å². The number of rotatable bonds is 9. The second-order valence-corrected chi connectivity index (χ2v) is 8.96. The highest BCUT2D eigenvalue weighted by molar-refractivity contribution is 7.56. The van der Waals surface area contributed by atoms with Gasteiger partial charge in [-0.2, -0.15) is 0 Å². The number of methoxy groups -OCH3 is 1. The molecule has 1 unspecified atom stereocenters. The van der Waals surface area contributed by atoms with Crippen LogP contribution in [-0.4, -0.2) is 31.1 Å². The first-order chi connectivity index (χ1) is 13.3. The molecule has 0 spiro atoms. The Labute approximate surface area is 165 Å². The molecule has 8 heteroatoms. The van der Waals surface area contributed by atoms with E-state index >= 15 is 0 Å². The first-order valence-electron chi connectivity index (χ1n) is 8.76. The highest BCUT2D eigenvalue weighted by Gasteiger charge is 2.11. The molecule has 0 bridgehead atoms. The number of carbonyl (C=O) groups is 1. The third-order valence-electron chi connectivity index (χ3n) is 3.88. The van der Waals surface area contributed by atoms with Crippen molar-refractivity contribution in [3.8, 4) is 5.75 Å². The van der Waals surface area contributed by atoms with Crippen molar-refractivity contribution in [3.05, 3.63) is 64.7 Å². The fourth-order valence-electron chi connectivity index (χ4n) is 2.48. The molecule has 0 aliphatic heterocycles. The normalized spacial score (nSPS) is 12.9. The second kappa shape index (κ2) is 10.3. The van der Waals surface area contributed by atoms with Gasteiger partial charge in [0.05, 0.1) is 6.61 Å². The van der Waals surface area contributed by atoms with Gasteiger partial charge in [-0.3, -0.25) is 4.57 Å². The van der Waals surface area contributed by atoms with Crippen LogP contribution < -0.4 is 10.1 Å². The van der Waals surface area contributed by atoms with E-state index in [1.54, 1.807) is 25.3 Å². The smallest absolute Gasteiger partial charge is 0.407 e. The molecule has 0 aliphatic rings. The Morgan fingerprint density at radius 2 is 1.93 bits per heavy atom. The van der Waals surface area contributed by atoms with Crippen molar-refractivity contribution in [2.75, 3.05) is 20.1 Å². The Kier molecular flexibility index (Phi) is 8.05. The Bertz CT molecular complexity index is 848. The highest BCUT2D eigenvalue weighted by atomic mass is 31.2. The van der Waals surface area contributed by atoms with Crippen LogP contribution >= 0.6 is 7.37 Å². The van der Waals surface area contributed by atoms with E-state index in [0.29, 0.717) is 12.4 Å². The Balaban J connectivity index is 1.82. The van der Waals surface area contributed by atoms with Gasteiger partial charge in [-0.15, -0.1) is 0 Å². The van der Waals surface area contributed by atoms with Crippen LogP contribution in [0.15, 0.2) is 42.5 Å². The molecule has 0 radical (unpaired) electrons. The van der Waals surface area contributed by atoms with E-state index in [4.69, 9.17) is 14.2 Å². The lowest BCUT2D eigenvalue weighted by Gasteiger charge is -2.11. The third-order valence-corrected chi connectivity index (χ3v) is 4.49. The maximum absolute atomic E-state index is 12.0. The van der Waals surface area contributed by atoms with Gasteiger partial charge in [-0.1, -0.05) is 30.3 Å². The minimum atomic E-state index is -3.25. The van der Waals surface area contributed by atoms with Crippen molar-refractivity contribution in [2.45, 2.75) is 26.7 Å². The van der Waals surface area contributed by atoms with Crippen molar-refractivity contribution in [3.63, 3.8) is 0 Å². The number of alkyl carbamates (subject to hydrolysis) is 1. The average Bonchev–Trinajstić information content (AvgIpc) is 2.64. The zero-order chi connectivity index (χ0) is 20.6. The predicted octanol–water partition coefficient (Wildman–Crippen LogP) is 3.80. The molecular weight excluding hydrogens is 381 g/mol. The molecule has 2 rings (SSSR count). The van der Waals surface area contributed by atoms with E-state index < -0.39 is 13.5 Å². The minimum Gasteiger partial charge on any atom is -0.484 e. The summed E-state index contributed by atoms with van der Waals surface area (Å²) in [6, 6.07) is 12.8. The topological polar surface area (TPSA) is 94.1 Å². The van der Waals surface area contributed by atoms with Gasteiger partial charge in [-0.05, 0) is 41.3 Å². The third kappa shape index (κ3) is 7.72. The van der Waals surface area contributed by atoms with Gasteiger partial charge in [0.1, 0.15) is 12.4 Å². The molecule has 0 saturated carbocycles. The molecule has 2 aromatic carbocycles. The van der Waals surface area contributed by atoms with Crippen LogP contribution in [0.5, 0.6) is 5.75 Å². The Morgan fingerprint density at radius 1 is 1.14 bits per heavy atom. The maximum atomic E-state index is 12.0. The maximum Gasteiger partial charge on any atom is 0.407 e. The quantitative estimate of drug-likeness (QED) is 0.614. The fourth-order valence-corrected chi connectivity index (χ4v) is 2.87. The molecule has 2 aromatic rings. The van der Waals surface area contributed by atoms with Crippen LogP contribution in [-0.2, 0) is 33.8 Å². The molecule has 2 N–H and O–H groups in total. The van der Waals surface area contributed by atoms with Crippen LogP contribution in [0.3, 0.4) is 0 Å². The summed E-state index contributed by atoms with van der Waals surface area (Å²) in [5.41, 5.74) is 3.82. The zero-order valence-corrected chi connectivity index (χ0v) is 17.2. The van der Waals surface area contributed by atoms with Gasteiger partial charge < -0.3 is 24.4 Å². The van der Waals surface area contributed by atoms with E-state index in [2.05, 4.69) is 5.32 Å². The summed E-state index contributed by atoms with van der Waals surface area (Å²) in [5, 5.41) is 2.68. The molecule has 0 aliphatic carbocycles. The van der Waals surface area contributed by atoms with Crippen molar-refractivity contribution >= 4 is 13.5 Å². The zero-order valence-electron chi connectivity index (χ0n) is 16.3. The summed E-state index contributed by atoms with van der Waals surface area (Å²) in [4.78, 5) is 21.2. The molecule has 1 amide bonds. The van der Waals surface area contributed by atoms with Crippen molar-refractivity contribution in [1.82, 2.24) is 5.32 Å². The van der Waals surface area contributed by atoms with Crippen LogP contribution in [0.4, 0.5) is 4.79 Å². The summed E-state index contributed by atoms with van der Waals surface area (Å²) < 4.78 is 27.0. The first-order valence-corrected chi connectivity index (χ1v) is 11.0. The van der Waals surface area contributed by atoms with Gasteiger partial charge in [-0.25, -0.2) is 4.79 Å². The summed E-state index contributed by atoms with van der Waals surface area (Å²) in [6.45, 7) is 4.17. The lowest BCUT2D eigenvalue weighted by molar-refractivity contribution is 0.139. The van der Waals surface area contributed by atoms with Gasteiger partial charge >= 0.3 is 6.09 Å². The molecule has 7 nitrogen and oxygen atoms in total. The molecule has 0 heterocycles. The van der Waals surface area contributed by atoms with Gasteiger partial charge in [0.25, 0.3) is 0 Å². The lowest BCUT2D eigenvalue weighted by atomic mass is 10.1. The lowest BCUT2D eigenvalue weighted by Crippen LogP contribution is -2.23. The van der Waals surface area contributed by atoms with E-state index in [9.17, 15) is 14.3 Å². The molecule has 0 fully saturated rings. The van der Waals surface area contributed by atoms with Crippen LogP contribution in [0, 0.1) is 6.92 Å². The summed E-state index contributed by atoms with van der Waals surface area (Å²) in [5.74, 6) is 0.468. The number of benzene rings is 2. The fraction of sp³-hybridized carbons (Fsp3) is 0.350. The predicted molar refractivity (Wildman–Crippen MR) is 107 cm³/mol. The van der Waals surface area contributed by atoms with Crippen LogP contribution in [0.25, 0.3) is 0 Å². The largest absolute Gasteiger partial charge is 0.484 e. The van der Waals surface area contributed by atoms with Crippen LogP contribution in [0.2, 0.25) is 0 Å². The van der Waals surface area contributed by atoms with Crippen molar-refractivity contribution in [1.29, 1.82) is 0 Å². The number of hydrogen-bond acceptors (Lipinski definition) is 5. The molecule has 0 saturated heterocycles. The number of carbonyl (C=O) groups excluding carboxylic acids is 1. The summed E-state index contributed by atoms with van der Waals surface area (Å²) in [7, 11) is -1.60. The van der Waals surface area contributed by atoms with E-state index in [1.807, 2.05) is 31.2 Å². The van der Waals surface area contributed by atoms with Gasteiger partial charge in [0.15, 0.2) is 6.35 Å². The second-order valence-electron chi connectivity index (χ2n) is 6.60. The molecular formula is C20H26NO6P. The standard InChI is InChI=1S/C20H26NO6P/c1-15-9-17(12-25-2)7-8-18(15)13-26-20(22)21-11-16-5-4-6-19(10-16)27-14-28(3,23)24/h4-10H,11-14H2,1-3H3,(H,21,22)(H,23,24). The average molecular weight is 407 g/mol. The number of hydrogen-bond donors (Lipinski definition) is 2. The molecule has 0 aromatic heterocycles. The van der Waals surface area contributed by atoms with Crippen molar-refractivity contribution < 1.29 is 28.5 Å². The van der Waals surface area contributed by atoms with Gasteiger partial charge in [0, 0.05) is 20.3 Å². The van der Waals surface area contributed by atoms with Crippen LogP contribution in [0.1, 0.15) is 22.3 Å². The number of ether oxygens (including phenoxy) is 3. The van der Waals surface area contributed by atoms with E-state index in [0.717, 1.165) is 22.3 Å². The molecule has 152 valence electrons. The minimum absolute atomic E-state index is 0.177. The van der Waals surface area contributed by atoms with Crippen molar-refractivity contribution in [2.24, 2.45) is 0 Å². The SMILES string of the molecule is COCc1ccc(COC(=O)NCc2cccc(OCP(C)(=O)O)c2)c(C)c1. The number of aryl methyl sites for hydroxylation is 1. The summed E-state index contributed by atoms with van der Waals surface area (Å²) >= 11 is 0. The monoisotopic (exact) mass is 407 g/mol. The molecule has 28 heavy (non-hydrogen) atoms. The molecule has 1 atom stereocenters. The van der Waals surface area contributed by atoms with Gasteiger partial charge in [0.2, 0.25) is 7.37 Å². The highest BCUT2D eigenvalue weighted by Crippen LogP contribution is 2.35. The number of nitrogens with one attached hydrogen (secondary N) is 1. The first kappa shape index (κ1) is 22.0. The summed E-state index contributed by atoms with van der Waals surface area (Å²) in [6.07, 6.45) is -0.783.